The maximum atomic E-state index is 13.0. The number of alkyl halides is 2. The Bertz CT molecular complexity index is 1120. The summed E-state index contributed by atoms with van der Waals surface area (Å²) in [6.45, 7) is 0.199. The van der Waals surface area contributed by atoms with Crippen molar-refractivity contribution in [1.82, 2.24) is 14.9 Å². The number of hydrogen-bond acceptors (Lipinski definition) is 6. The molecule has 0 amide bonds. The highest BCUT2D eigenvalue weighted by Crippen LogP contribution is 2.22. The molecule has 0 unspecified atom stereocenters. The first kappa shape index (κ1) is 20.2. The summed E-state index contributed by atoms with van der Waals surface area (Å²) < 4.78 is 37.8. The van der Waals surface area contributed by atoms with Gasteiger partial charge in [-0.15, -0.1) is 0 Å². The molecule has 0 atom stereocenters. The van der Waals surface area contributed by atoms with E-state index < -0.39 is 12.2 Å². The van der Waals surface area contributed by atoms with Gasteiger partial charge in [0.25, 0.3) is 6.43 Å². The monoisotopic (exact) mass is 415 g/mol. The molecule has 0 spiro atoms. The third-order valence-electron chi connectivity index (χ3n) is 3.88. The zero-order valence-corrected chi connectivity index (χ0v) is 16.0. The highest BCUT2D eigenvalue weighted by Gasteiger charge is 2.16. The standard InChI is InChI=1S/C19H15F2N5O2S/c1-27-16-7-4-13(10-23-26-18(17(20)21)24-25-19(26)29)8-14(16)11-28-15-5-2-12(9-22)3-6-15/h2-8,10,17H,11H2,1H3,(H,25,29)/b23-10-. The van der Waals surface area contributed by atoms with Crippen LogP contribution in [0.15, 0.2) is 47.6 Å². The first-order valence-electron chi connectivity index (χ1n) is 8.31. The third-order valence-corrected chi connectivity index (χ3v) is 4.14. The fourth-order valence-corrected chi connectivity index (χ4v) is 2.65. The summed E-state index contributed by atoms with van der Waals surface area (Å²) in [7, 11) is 1.54. The minimum absolute atomic E-state index is 0.0329. The Hall–Kier alpha value is -3.58. The Labute approximate surface area is 169 Å². The van der Waals surface area contributed by atoms with Gasteiger partial charge in [-0.05, 0) is 60.2 Å². The van der Waals surface area contributed by atoms with E-state index in [1.165, 1.54) is 13.3 Å². The van der Waals surface area contributed by atoms with Crippen molar-refractivity contribution in [3.8, 4) is 17.6 Å². The van der Waals surface area contributed by atoms with E-state index in [2.05, 4.69) is 15.3 Å². The number of H-pyrrole nitrogens is 1. The van der Waals surface area contributed by atoms with Crippen LogP contribution in [-0.2, 0) is 6.61 Å². The zero-order valence-electron chi connectivity index (χ0n) is 15.2. The molecule has 10 heteroatoms. The molecule has 0 aliphatic heterocycles. The van der Waals surface area contributed by atoms with E-state index in [0.29, 0.717) is 22.6 Å². The van der Waals surface area contributed by atoms with Crippen molar-refractivity contribution in [3.05, 3.63) is 69.8 Å². The van der Waals surface area contributed by atoms with Gasteiger partial charge >= 0.3 is 0 Å². The van der Waals surface area contributed by atoms with Crippen molar-refractivity contribution in [1.29, 1.82) is 5.26 Å². The highest BCUT2D eigenvalue weighted by molar-refractivity contribution is 7.71. The normalized spacial score (nSPS) is 11.0. The van der Waals surface area contributed by atoms with Gasteiger partial charge in [-0.3, -0.25) is 0 Å². The molecule has 0 bridgehead atoms. The maximum absolute atomic E-state index is 13.0. The van der Waals surface area contributed by atoms with Crippen molar-refractivity contribution in [2.45, 2.75) is 13.0 Å². The minimum Gasteiger partial charge on any atom is -0.496 e. The number of hydrogen-bond donors (Lipinski definition) is 1. The lowest BCUT2D eigenvalue weighted by Crippen LogP contribution is -2.01. The van der Waals surface area contributed by atoms with Gasteiger partial charge in [0.15, 0.2) is 0 Å². The molecule has 3 aromatic rings. The minimum atomic E-state index is -2.81. The molecule has 1 N–H and O–H groups in total. The summed E-state index contributed by atoms with van der Waals surface area (Å²) in [5.41, 5.74) is 1.90. The molecule has 3 rings (SSSR count). The van der Waals surface area contributed by atoms with E-state index in [1.807, 2.05) is 6.07 Å². The van der Waals surface area contributed by atoms with Crippen molar-refractivity contribution in [2.24, 2.45) is 5.10 Å². The molecule has 0 saturated carbocycles. The lowest BCUT2D eigenvalue weighted by atomic mass is 10.1. The van der Waals surface area contributed by atoms with Gasteiger partial charge in [0, 0.05) is 5.56 Å². The highest BCUT2D eigenvalue weighted by atomic mass is 32.1. The van der Waals surface area contributed by atoms with E-state index >= 15 is 0 Å². The molecule has 0 fully saturated rings. The number of aromatic amines is 1. The molecular formula is C19H15F2N5O2S. The fourth-order valence-electron chi connectivity index (χ4n) is 2.46. The fraction of sp³-hybridized carbons (Fsp3) is 0.158. The van der Waals surface area contributed by atoms with E-state index in [0.717, 1.165) is 10.2 Å². The van der Waals surface area contributed by atoms with Crippen LogP contribution in [0.25, 0.3) is 0 Å². The van der Waals surface area contributed by atoms with Crippen LogP contribution in [-0.4, -0.2) is 28.2 Å². The molecule has 0 aliphatic carbocycles. The summed E-state index contributed by atoms with van der Waals surface area (Å²) in [6.07, 6.45) is -1.42. The second-order valence-corrected chi connectivity index (χ2v) is 6.13. The molecule has 29 heavy (non-hydrogen) atoms. The molecule has 1 heterocycles. The predicted octanol–water partition coefficient (Wildman–Crippen LogP) is 4.22. The Morgan fingerprint density at radius 1 is 1.31 bits per heavy atom. The Morgan fingerprint density at radius 2 is 2.07 bits per heavy atom. The van der Waals surface area contributed by atoms with Gasteiger partial charge in [-0.2, -0.15) is 20.1 Å². The van der Waals surface area contributed by atoms with E-state index in [4.69, 9.17) is 27.0 Å². The van der Waals surface area contributed by atoms with Crippen LogP contribution in [0.2, 0.25) is 0 Å². The third kappa shape index (κ3) is 4.83. The number of halogens is 2. The van der Waals surface area contributed by atoms with Crippen LogP contribution in [0, 0.1) is 16.1 Å². The van der Waals surface area contributed by atoms with E-state index in [-0.39, 0.29) is 11.4 Å². The second kappa shape index (κ2) is 9.07. The lowest BCUT2D eigenvalue weighted by molar-refractivity contribution is 0.136. The Kier molecular flexibility index (Phi) is 6.31. The van der Waals surface area contributed by atoms with Gasteiger partial charge in [0.2, 0.25) is 10.6 Å². The number of aromatic nitrogens is 3. The van der Waals surface area contributed by atoms with Crippen LogP contribution in [0.5, 0.6) is 11.5 Å². The largest absolute Gasteiger partial charge is 0.496 e. The van der Waals surface area contributed by atoms with Gasteiger partial charge < -0.3 is 9.47 Å². The maximum Gasteiger partial charge on any atom is 0.299 e. The molecule has 0 radical (unpaired) electrons. The average Bonchev–Trinajstić information content (AvgIpc) is 3.11. The quantitative estimate of drug-likeness (QED) is 0.461. The van der Waals surface area contributed by atoms with Gasteiger partial charge in [0.1, 0.15) is 18.1 Å². The Balaban J connectivity index is 1.80. The smallest absolute Gasteiger partial charge is 0.299 e. The molecular weight excluding hydrogens is 400 g/mol. The first-order valence-corrected chi connectivity index (χ1v) is 8.72. The number of nitrogens with zero attached hydrogens (tertiary/aromatic N) is 4. The van der Waals surface area contributed by atoms with Gasteiger partial charge in [0.05, 0.1) is 25.0 Å². The number of benzene rings is 2. The Morgan fingerprint density at radius 3 is 2.72 bits per heavy atom. The summed E-state index contributed by atoms with van der Waals surface area (Å²) in [6, 6.07) is 14.0. The number of nitrogens with one attached hydrogen (secondary N) is 1. The van der Waals surface area contributed by atoms with Crippen molar-refractivity contribution >= 4 is 18.4 Å². The van der Waals surface area contributed by atoms with Gasteiger partial charge in [-0.1, -0.05) is 0 Å². The zero-order chi connectivity index (χ0) is 20.8. The summed E-state index contributed by atoms with van der Waals surface area (Å²) >= 11 is 4.92. The molecule has 2 aromatic carbocycles. The van der Waals surface area contributed by atoms with Crippen LogP contribution in [0.4, 0.5) is 8.78 Å². The first-order chi connectivity index (χ1) is 14.0. The summed E-state index contributed by atoms with van der Waals surface area (Å²) in [5, 5.41) is 18.6. The van der Waals surface area contributed by atoms with E-state index in [9.17, 15) is 8.78 Å². The van der Waals surface area contributed by atoms with Crippen LogP contribution in [0.3, 0.4) is 0 Å². The van der Waals surface area contributed by atoms with E-state index in [1.54, 1.807) is 42.5 Å². The lowest BCUT2D eigenvalue weighted by Gasteiger charge is -2.11. The van der Waals surface area contributed by atoms with Crippen molar-refractivity contribution < 1.29 is 18.3 Å². The van der Waals surface area contributed by atoms with Crippen LogP contribution in [0.1, 0.15) is 28.9 Å². The van der Waals surface area contributed by atoms with Gasteiger partial charge in [-0.25, -0.2) is 13.9 Å². The molecule has 148 valence electrons. The molecule has 7 nitrogen and oxygen atoms in total. The number of nitriles is 1. The van der Waals surface area contributed by atoms with Crippen molar-refractivity contribution in [2.75, 3.05) is 7.11 Å². The topological polar surface area (TPSA) is 88.2 Å². The average molecular weight is 415 g/mol. The van der Waals surface area contributed by atoms with Crippen LogP contribution >= 0.6 is 12.2 Å². The summed E-state index contributed by atoms with van der Waals surface area (Å²) in [5.74, 6) is 0.629. The SMILES string of the molecule is COc1ccc(/C=N\n2c(C(F)F)n[nH]c2=S)cc1COc1ccc(C#N)cc1. The molecule has 0 saturated heterocycles. The molecule has 0 aliphatic rings. The predicted molar refractivity (Wildman–Crippen MR) is 104 cm³/mol. The van der Waals surface area contributed by atoms with Crippen molar-refractivity contribution in [3.63, 3.8) is 0 Å². The number of ether oxygens (including phenoxy) is 2. The van der Waals surface area contributed by atoms with Crippen LogP contribution < -0.4 is 9.47 Å². The second-order valence-electron chi connectivity index (χ2n) is 5.74. The number of methoxy groups -OCH3 is 1. The summed E-state index contributed by atoms with van der Waals surface area (Å²) in [4.78, 5) is 0. The number of rotatable bonds is 7. The molecule has 1 aromatic heterocycles.